The van der Waals surface area contributed by atoms with E-state index in [4.69, 9.17) is 0 Å². The summed E-state index contributed by atoms with van der Waals surface area (Å²) in [6, 6.07) is 52.0. The van der Waals surface area contributed by atoms with Gasteiger partial charge in [-0.15, -0.1) is 162 Å². The molecule has 0 aromatic heterocycles. The van der Waals surface area contributed by atoms with Crippen LogP contribution in [0.3, 0.4) is 0 Å². The topological polar surface area (TPSA) is 0 Å². The van der Waals surface area contributed by atoms with Crippen molar-refractivity contribution in [2.24, 2.45) is 0 Å². The number of aryl methyl sites for hydroxylation is 4. The number of fused-ring (bicyclic) bond motifs is 4. The first kappa shape index (κ1) is 50.1. The van der Waals surface area contributed by atoms with Gasteiger partial charge in [0.25, 0.3) is 0 Å². The van der Waals surface area contributed by atoms with Gasteiger partial charge in [0.15, 0.2) is 0 Å². The summed E-state index contributed by atoms with van der Waals surface area (Å²) in [5, 5.41) is 10.9. The molecule has 0 fully saturated rings. The summed E-state index contributed by atoms with van der Waals surface area (Å²) in [5.41, 5.74) is 6.17. The van der Waals surface area contributed by atoms with Crippen LogP contribution in [0.15, 0.2) is 146 Å². The SMILES string of the molecule is CCc1cc2ccccc2[cH-]1.CCc1cc2ccccc2[cH-]1.CCc1cc2ccccc2[cH-]1.CCc1cc2ccccc2[cH-]1.C[Si](C)=[Zr+2].C[Si](C)=[Zr+2].[Cl-].[Cl-]. The van der Waals surface area contributed by atoms with Crippen molar-refractivity contribution < 1.29 is 71.5 Å². The molecular formula is C48H56Cl2Si2Zr2-2. The van der Waals surface area contributed by atoms with Gasteiger partial charge in [-0.05, 0) is 25.7 Å². The smallest absolute Gasteiger partial charge is 1.00 e. The Kier molecular flexibility index (Phi) is 25.7. The van der Waals surface area contributed by atoms with Crippen LogP contribution >= 0.6 is 0 Å². The Morgan fingerprint density at radius 2 is 0.537 bits per heavy atom. The second-order valence-corrected chi connectivity index (χ2v) is 32.1. The molecule has 54 heavy (non-hydrogen) atoms. The van der Waals surface area contributed by atoms with E-state index in [1.807, 2.05) is 0 Å². The van der Waals surface area contributed by atoms with Crippen LogP contribution in [0.5, 0.6) is 0 Å². The monoisotopic (exact) mass is 938 g/mol. The van der Waals surface area contributed by atoms with Gasteiger partial charge in [-0.3, -0.25) is 0 Å². The van der Waals surface area contributed by atoms with E-state index in [9.17, 15) is 0 Å². The molecular weight excluding hydrogens is 886 g/mol. The standard InChI is InChI=1S/4C11H11.2C2H6Si.2ClH.2Zr/c4*1-2-9-7-10-5-3-4-6-11(10)8-9;2*1-3-2;;;;/h4*3-8H,2H2,1H3;2*1-2H3;2*1H;;/q4*-1;;;;;2*+2/p-2. The molecule has 6 heteroatoms. The van der Waals surface area contributed by atoms with Crippen molar-refractivity contribution in [2.45, 2.75) is 79.6 Å². The summed E-state index contributed by atoms with van der Waals surface area (Å²) in [4.78, 5) is 0. The van der Waals surface area contributed by atoms with Gasteiger partial charge in [-0.25, -0.2) is 0 Å². The Hall–Kier alpha value is -1.90. The van der Waals surface area contributed by atoms with Crippen LogP contribution in [-0.4, -0.2) is 10.9 Å². The molecule has 8 aromatic carbocycles. The van der Waals surface area contributed by atoms with Gasteiger partial charge >= 0.3 is 83.7 Å². The van der Waals surface area contributed by atoms with Crippen molar-refractivity contribution >= 4 is 54.0 Å². The maximum atomic E-state index is 2.31. The normalized spacial score (nSPS) is 9.70. The van der Waals surface area contributed by atoms with Gasteiger partial charge in [0, 0.05) is 0 Å². The van der Waals surface area contributed by atoms with E-state index in [2.05, 4.69) is 199 Å². The number of rotatable bonds is 4. The number of halogens is 2. The van der Waals surface area contributed by atoms with Crippen LogP contribution in [-0.2, 0) is 72.4 Å². The van der Waals surface area contributed by atoms with E-state index >= 15 is 0 Å². The molecule has 0 bridgehead atoms. The predicted molar refractivity (Wildman–Crippen MR) is 231 cm³/mol. The second-order valence-electron chi connectivity index (χ2n) is 13.4. The second kappa shape index (κ2) is 27.7. The minimum Gasteiger partial charge on any atom is -1.00 e. The maximum Gasteiger partial charge on any atom is -1.00 e. The molecule has 0 saturated heterocycles. The van der Waals surface area contributed by atoms with Gasteiger partial charge in [0.05, 0.1) is 0 Å². The Bertz CT molecular complexity index is 1800. The third kappa shape index (κ3) is 17.9. The Morgan fingerprint density at radius 1 is 0.370 bits per heavy atom. The first-order valence-corrected chi connectivity index (χ1v) is 31.0. The molecule has 0 unspecified atom stereocenters. The van der Waals surface area contributed by atoms with Gasteiger partial charge in [0.1, 0.15) is 0 Å². The molecule has 8 aromatic rings. The van der Waals surface area contributed by atoms with Crippen molar-refractivity contribution in [2.75, 3.05) is 0 Å². The van der Waals surface area contributed by atoms with E-state index in [-0.39, 0.29) is 35.7 Å². The molecule has 0 amide bonds. The molecule has 0 heterocycles. The zero-order valence-corrected chi connectivity index (χ0v) is 41.9. The molecule has 0 aliphatic rings. The van der Waals surface area contributed by atoms with Crippen molar-refractivity contribution in [3.05, 3.63) is 168 Å². The van der Waals surface area contributed by atoms with Crippen LogP contribution in [0, 0.1) is 0 Å². The largest absolute Gasteiger partial charge is 1.00 e. The molecule has 0 N–H and O–H groups in total. The average molecular weight is 943 g/mol. The maximum absolute atomic E-state index is 2.31. The molecule has 0 nitrogen and oxygen atoms in total. The zero-order valence-electron chi connectivity index (χ0n) is 33.4. The number of benzene rings is 4. The average Bonchev–Trinajstić information content (AvgIpc) is 3.95. The van der Waals surface area contributed by atoms with Crippen LogP contribution in [0.25, 0.3) is 43.1 Å². The van der Waals surface area contributed by atoms with Crippen molar-refractivity contribution in [3.63, 3.8) is 0 Å². The summed E-state index contributed by atoms with van der Waals surface area (Å²) < 4.78 is 0. The molecule has 280 valence electrons. The Morgan fingerprint density at radius 3 is 0.685 bits per heavy atom. The van der Waals surface area contributed by atoms with Crippen LogP contribution in [0.4, 0.5) is 0 Å². The van der Waals surface area contributed by atoms with Gasteiger partial charge in [-0.2, -0.15) is 24.3 Å². The summed E-state index contributed by atoms with van der Waals surface area (Å²) in [6.45, 7) is 18.0. The summed E-state index contributed by atoms with van der Waals surface area (Å²) in [6.07, 6.45) is 4.53. The summed E-state index contributed by atoms with van der Waals surface area (Å²) in [7, 11) is 0. The Labute approximate surface area is 369 Å². The van der Waals surface area contributed by atoms with Crippen molar-refractivity contribution in [3.8, 4) is 0 Å². The molecule has 0 saturated carbocycles. The molecule has 0 aliphatic carbocycles. The fourth-order valence-corrected chi connectivity index (χ4v) is 5.68. The molecule has 0 radical (unpaired) electrons. The van der Waals surface area contributed by atoms with E-state index < -0.39 is 0 Å². The van der Waals surface area contributed by atoms with Crippen molar-refractivity contribution in [1.29, 1.82) is 0 Å². The third-order valence-corrected chi connectivity index (χ3v) is 8.34. The first-order valence-electron chi connectivity index (χ1n) is 18.7. The fraction of sp³-hybridized carbons (Fsp3) is 0.250. The molecule has 0 spiro atoms. The zero-order chi connectivity index (χ0) is 37.9. The first-order chi connectivity index (χ1) is 25.1. The van der Waals surface area contributed by atoms with Crippen molar-refractivity contribution in [1.82, 2.24) is 0 Å². The number of hydrogen-bond acceptors (Lipinski definition) is 0. The summed E-state index contributed by atoms with van der Waals surface area (Å²) >= 11 is 3.48. The minimum absolute atomic E-state index is 0. The van der Waals surface area contributed by atoms with Gasteiger partial charge in [-0.1, -0.05) is 52.0 Å². The van der Waals surface area contributed by atoms with Gasteiger partial charge in [0.2, 0.25) is 0 Å². The van der Waals surface area contributed by atoms with E-state index in [0.717, 1.165) is 25.7 Å². The van der Waals surface area contributed by atoms with Gasteiger partial charge < -0.3 is 24.8 Å². The van der Waals surface area contributed by atoms with Crippen LogP contribution in [0.1, 0.15) is 49.9 Å². The quantitative estimate of drug-likeness (QED) is 0.124. The fourth-order valence-electron chi connectivity index (χ4n) is 5.68. The minimum atomic E-state index is 0. The van der Waals surface area contributed by atoms with Crippen LogP contribution in [0.2, 0.25) is 26.2 Å². The summed E-state index contributed by atoms with van der Waals surface area (Å²) in [5.74, 6) is 0. The number of hydrogen-bond donors (Lipinski definition) is 0. The molecule has 0 atom stereocenters. The van der Waals surface area contributed by atoms with Crippen LogP contribution < -0.4 is 24.8 Å². The van der Waals surface area contributed by atoms with E-state index in [0.29, 0.717) is 0 Å². The molecule has 0 aliphatic heterocycles. The van der Waals surface area contributed by atoms with E-state index in [1.165, 1.54) is 65.3 Å². The Balaban J connectivity index is 0.000000334. The molecule has 8 rings (SSSR count). The van der Waals surface area contributed by atoms with E-state index in [1.54, 1.807) is 46.7 Å². The predicted octanol–water partition coefficient (Wildman–Crippen LogP) is 8.06. The third-order valence-electron chi connectivity index (χ3n) is 8.34.